The van der Waals surface area contributed by atoms with Gasteiger partial charge in [0.2, 0.25) is 0 Å². The van der Waals surface area contributed by atoms with Crippen LogP contribution in [0, 0.1) is 0 Å². The second-order valence-electron chi connectivity index (χ2n) is 0.253. The Morgan fingerprint density at radius 2 is 1.40 bits per heavy atom. The third-order valence-electron chi connectivity index (χ3n) is 0. The van der Waals surface area contributed by atoms with E-state index in [0.717, 1.165) is 0 Å². The maximum absolute atomic E-state index is 8.70. The summed E-state index contributed by atoms with van der Waals surface area (Å²) in [6, 6.07) is 0. The molecule has 0 saturated heterocycles. The van der Waals surface area contributed by atoms with Gasteiger partial charge in [0.15, 0.2) is 0 Å². The van der Waals surface area contributed by atoms with Gasteiger partial charge in [-0.15, -0.1) is 9.79 Å². The van der Waals surface area contributed by atoms with Crippen LogP contribution >= 0.6 is 8.25 Å². The molecule has 0 unspecified atom stereocenters. The van der Waals surface area contributed by atoms with Crippen molar-refractivity contribution < 1.29 is 41.7 Å². The fraction of sp³-hybridized carbons (Fsp3) is 0. The molecule has 0 heterocycles. The summed E-state index contributed by atoms with van der Waals surface area (Å²) in [5, 5.41) is 0. The van der Waals surface area contributed by atoms with E-state index < -0.39 is 8.25 Å². The molecule has 0 aliphatic heterocycles. The molecule has 0 saturated carbocycles. The molecule has 24 valence electrons. The third-order valence-corrected chi connectivity index (χ3v) is 0. The zero-order valence-corrected chi connectivity index (χ0v) is 7.39. The molecule has 0 aromatic carbocycles. The molecule has 0 bridgehead atoms. The van der Waals surface area contributed by atoms with Crippen LogP contribution in [-0.4, -0.2) is 9.79 Å². The normalized spacial score (nSPS) is 5.20. The Kier molecular flexibility index (Phi) is 9.23. The minimum Gasteiger partial charge on any atom is -0.134 e. The van der Waals surface area contributed by atoms with Crippen LogP contribution in [0.4, 0.5) is 0 Å². The number of hydrogen-bond acceptors (Lipinski definition) is 1. The molecule has 5 heavy (non-hydrogen) atoms. The molecular weight excluding hydrogens is 191 g/mol. The average molecular weight is 193 g/mol. The Balaban J connectivity index is 0. The Morgan fingerprint density at radius 1 is 1.40 bits per heavy atom. The summed E-state index contributed by atoms with van der Waals surface area (Å²) in [4.78, 5) is 14.2. The van der Waals surface area contributed by atoms with Crippen LogP contribution in [0.5, 0.6) is 0 Å². The van der Waals surface area contributed by atoms with Gasteiger partial charge in [0.1, 0.15) is 0 Å². The molecule has 0 aromatic heterocycles. The maximum atomic E-state index is 8.70. The van der Waals surface area contributed by atoms with Crippen LogP contribution in [0.15, 0.2) is 0 Å². The molecule has 0 fully saturated rings. The second-order valence-corrected chi connectivity index (χ2v) is 0.758. The largest absolute Gasteiger partial charge is 2.00 e. The molecule has 0 amide bonds. The van der Waals surface area contributed by atoms with Crippen LogP contribution in [0.2, 0.25) is 0 Å². The van der Waals surface area contributed by atoms with Crippen molar-refractivity contribution in [2.45, 2.75) is 0 Å². The van der Waals surface area contributed by atoms with E-state index in [1.54, 1.807) is 0 Å². The summed E-state index contributed by atoms with van der Waals surface area (Å²) in [5.41, 5.74) is 0. The fourth-order valence-electron chi connectivity index (χ4n) is 0. The standard InChI is InChI=1S/Cd.HO3P/c;1-4(2)3/h;(H-,1,2,3)/q+2;/p+1. The molecule has 0 atom stereocenters. The fourth-order valence-corrected chi connectivity index (χ4v) is 0. The molecule has 0 aliphatic rings. The zero-order valence-electron chi connectivity index (χ0n) is 2.46. The van der Waals surface area contributed by atoms with E-state index in [1.807, 2.05) is 0 Å². The second kappa shape index (κ2) is 4.94. The van der Waals surface area contributed by atoms with Crippen molar-refractivity contribution in [2.24, 2.45) is 0 Å². The van der Waals surface area contributed by atoms with Gasteiger partial charge >= 0.3 is 35.6 Å². The van der Waals surface area contributed by atoms with E-state index in [4.69, 9.17) is 14.4 Å². The van der Waals surface area contributed by atoms with Crippen molar-refractivity contribution in [3.05, 3.63) is 0 Å². The van der Waals surface area contributed by atoms with Crippen LogP contribution in [0.25, 0.3) is 0 Å². The first-order chi connectivity index (χ1) is 1.73. The number of rotatable bonds is 0. The van der Waals surface area contributed by atoms with Gasteiger partial charge in [-0.3, -0.25) is 0 Å². The summed E-state index contributed by atoms with van der Waals surface area (Å²) in [5.74, 6) is 0. The average Bonchev–Trinajstić information content (AvgIpc) is 0.811. The van der Waals surface area contributed by atoms with Crippen LogP contribution in [0.3, 0.4) is 0 Å². The number of hydrogen-bond donors (Lipinski definition) is 2. The molecular formula is H2CdO3P+3. The SMILES string of the molecule is O=[P+](O)O.[Cd+2]. The van der Waals surface area contributed by atoms with E-state index in [1.165, 1.54) is 0 Å². The van der Waals surface area contributed by atoms with Gasteiger partial charge in [0.25, 0.3) is 0 Å². The van der Waals surface area contributed by atoms with E-state index >= 15 is 0 Å². The first kappa shape index (κ1) is 9.34. The van der Waals surface area contributed by atoms with Crippen LogP contribution < -0.4 is 0 Å². The Labute approximate surface area is 50.1 Å². The van der Waals surface area contributed by atoms with Crippen LogP contribution in [-0.2, 0) is 31.9 Å². The van der Waals surface area contributed by atoms with Gasteiger partial charge < -0.3 is 0 Å². The van der Waals surface area contributed by atoms with Crippen molar-refractivity contribution in [3.63, 3.8) is 0 Å². The summed E-state index contributed by atoms with van der Waals surface area (Å²) in [7, 11) is -2.87. The first-order valence-corrected chi connectivity index (χ1v) is 1.75. The Bertz CT molecular complexity index is 29.9. The third kappa shape index (κ3) is 48.2. The molecule has 0 rings (SSSR count). The van der Waals surface area contributed by atoms with E-state index in [2.05, 4.69) is 0 Å². The predicted octanol–water partition coefficient (Wildman–Crippen LogP) is -0.374. The van der Waals surface area contributed by atoms with Gasteiger partial charge in [0, 0.05) is 4.57 Å². The predicted molar refractivity (Wildman–Crippen MR) is 12.0 cm³/mol. The van der Waals surface area contributed by atoms with E-state index in [9.17, 15) is 0 Å². The van der Waals surface area contributed by atoms with Crippen molar-refractivity contribution in [1.82, 2.24) is 0 Å². The summed E-state index contributed by atoms with van der Waals surface area (Å²) >= 11 is 0. The molecule has 0 aromatic rings. The van der Waals surface area contributed by atoms with Gasteiger partial charge in [0.05, 0.1) is 0 Å². The Morgan fingerprint density at radius 3 is 1.40 bits per heavy atom. The van der Waals surface area contributed by atoms with E-state index in [0.29, 0.717) is 0 Å². The smallest absolute Gasteiger partial charge is 0.134 e. The zero-order chi connectivity index (χ0) is 3.58. The molecule has 3 nitrogen and oxygen atoms in total. The van der Waals surface area contributed by atoms with Gasteiger partial charge in [-0.05, 0) is 0 Å². The molecule has 0 aliphatic carbocycles. The summed E-state index contributed by atoms with van der Waals surface area (Å²) in [6.07, 6.45) is 0. The topological polar surface area (TPSA) is 57.5 Å². The molecule has 0 radical (unpaired) electrons. The van der Waals surface area contributed by atoms with Gasteiger partial charge in [-0.1, -0.05) is 0 Å². The van der Waals surface area contributed by atoms with E-state index in [-0.39, 0.29) is 27.3 Å². The van der Waals surface area contributed by atoms with Crippen molar-refractivity contribution in [3.8, 4) is 0 Å². The quantitative estimate of drug-likeness (QED) is 0.407. The monoisotopic (exact) mass is 195 g/mol. The summed E-state index contributed by atoms with van der Waals surface area (Å²) in [6.45, 7) is 0. The maximum Gasteiger partial charge on any atom is 2.00 e. The van der Waals surface area contributed by atoms with Crippen molar-refractivity contribution in [2.75, 3.05) is 0 Å². The molecule has 0 spiro atoms. The van der Waals surface area contributed by atoms with Crippen LogP contribution in [0.1, 0.15) is 0 Å². The Hall–Kier alpha value is 0.942. The molecule has 5 heteroatoms. The van der Waals surface area contributed by atoms with Gasteiger partial charge in [-0.25, -0.2) is 0 Å². The minimum absolute atomic E-state index is 0. The molecule has 2 N–H and O–H groups in total. The van der Waals surface area contributed by atoms with Gasteiger partial charge in [-0.2, -0.15) is 0 Å². The summed E-state index contributed by atoms with van der Waals surface area (Å²) < 4.78 is 8.70. The first-order valence-electron chi connectivity index (χ1n) is 0.583. The van der Waals surface area contributed by atoms with Crippen molar-refractivity contribution in [1.29, 1.82) is 0 Å². The van der Waals surface area contributed by atoms with Crippen molar-refractivity contribution >= 4 is 8.25 Å². The minimum atomic E-state index is -2.87.